The molecule has 0 amide bonds. The minimum Gasteiger partial charge on any atom is -0.478 e. The molecular weight excluding hydrogens is 302 g/mol. The first-order valence-electron chi connectivity index (χ1n) is 5.38. The zero-order valence-electron chi connectivity index (χ0n) is 9.65. The van der Waals surface area contributed by atoms with Crippen LogP contribution < -0.4 is 5.73 Å². The van der Waals surface area contributed by atoms with E-state index in [0.29, 0.717) is 17.4 Å². The summed E-state index contributed by atoms with van der Waals surface area (Å²) in [6.45, 7) is 2.85. The molecule has 0 aliphatic carbocycles. The average molecular weight is 318 g/mol. The minimum atomic E-state index is -0.901. The van der Waals surface area contributed by atoms with Crippen molar-refractivity contribution in [3.05, 3.63) is 33.8 Å². The molecule has 17 heavy (non-hydrogen) atoms. The largest absolute Gasteiger partial charge is 0.478 e. The molecule has 1 rings (SSSR count). The third kappa shape index (κ3) is 4.69. The van der Waals surface area contributed by atoms with E-state index in [1.807, 2.05) is 17.8 Å². The molecule has 0 heterocycles. The standard InChI is InChI=1S/C12H16BrNO2S/c1-8(4-5-14)17-7-10-3-2-9(12(15)16)6-11(10)13/h2-3,6,8H,4-5,7,14H2,1H3,(H,15,16). The molecule has 3 N–H and O–H groups in total. The molecule has 94 valence electrons. The highest BCUT2D eigenvalue weighted by Gasteiger charge is 2.08. The van der Waals surface area contributed by atoms with Gasteiger partial charge in [0.25, 0.3) is 0 Å². The summed E-state index contributed by atoms with van der Waals surface area (Å²) >= 11 is 5.23. The van der Waals surface area contributed by atoms with Gasteiger partial charge in [0.15, 0.2) is 0 Å². The first-order valence-corrected chi connectivity index (χ1v) is 7.22. The summed E-state index contributed by atoms with van der Waals surface area (Å²) in [7, 11) is 0. The Balaban J connectivity index is 2.63. The lowest BCUT2D eigenvalue weighted by molar-refractivity contribution is 0.0697. The highest BCUT2D eigenvalue weighted by Crippen LogP contribution is 2.26. The van der Waals surface area contributed by atoms with Gasteiger partial charge in [0, 0.05) is 15.5 Å². The molecule has 0 spiro atoms. The van der Waals surface area contributed by atoms with Crippen molar-refractivity contribution in [1.29, 1.82) is 0 Å². The molecule has 0 saturated carbocycles. The lowest BCUT2D eigenvalue weighted by Gasteiger charge is -2.11. The second-order valence-electron chi connectivity index (χ2n) is 3.81. The Hall–Kier alpha value is -0.520. The van der Waals surface area contributed by atoms with Crippen LogP contribution >= 0.6 is 27.7 Å². The van der Waals surface area contributed by atoms with Gasteiger partial charge in [0.1, 0.15) is 0 Å². The van der Waals surface area contributed by atoms with Crippen molar-refractivity contribution in [2.24, 2.45) is 5.73 Å². The van der Waals surface area contributed by atoms with Crippen molar-refractivity contribution in [3.8, 4) is 0 Å². The van der Waals surface area contributed by atoms with Crippen LogP contribution in [0.5, 0.6) is 0 Å². The quantitative estimate of drug-likeness (QED) is 0.846. The van der Waals surface area contributed by atoms with Gasteiger partial charge in [-0.05, 0) is 30.7 Å². The van der Waals surface area contributed by atoms with Crippen molar-refractivity contribution >= 4 is 33.7 Å². The molecule has 5 heteroatoms. The smallest absolute Gasteiger partial charge is 0.335 e. The molecule has 0 fully saturated rings. The third-order valence-corrected chi connectivity index (χ3v) is 4.42. The van der Waals surface area contributed by atoms with E-state index in [4.69, 9.17) is 10.8 Å². The number of carboxylic acid groups (broad SMARTS) is 1. The molecule has 0 radical (unpaired) electrons. The number of aromatic carboxylic acids is 1. The van der Waals surface area contributed by atoms with E-state index in [9.17, 15) is 4.79 Å². The number of carboxylic acids is 1. The maximum Gasteiger partial charge on any atom is 0.335 e. The van der Waals surface area contributed by atoms with E-state index in [2.05, 4.69) is 22.9 Å². The minimum absolute atomic E-state index is 0.306. The Morgan fingerprint density at radius 3 is 2.82 bits per heavy atom. The highest BCUT2D eigenvalue weighted by atomic mass is 79.9. The Kier molecular flexibility index (Phi) is 6.02. The molecule has 1 aromatic carbocycles. The zero-order valence-corrected chi connectivity index (χ0v) is 12.1. The van der Waals surface area contributed by atoms with Crippen LogP contribution in [0.4, 0.5) is 0 Å². The monoisotopic (exact) mass is 317 g/mol. The van der Waals surface area contributed by atoms with Crippen molar-refractivity contribution in [1.82, 2.24) is 0 Å². The van der Waals surface area contributed by atoms with E-state index in [-0.39, 0.29) is 0 Å². The van der Waals surface area contributed by atoms with Crippen molar-refractivity contribution in [3.63, 3.8) is 0 Å². The summed E-state index contributed by atoms with van der Waals surface area (Å²) in [4.78, 5) is 10.8. The number of carbonyl (C=O) groups is 1. The molecule has 0 aromatic heterocycles. The van der Waals surface area contributed by atoms with Crippen LogP contribution in [0, 0.1) is 0 Å². The molecule has 1 aromatic rings. The van der Waals surface area contributed by atoms with Gasteiger partial charge in [0.05, 0.1) is 5.56 Å². The first kappa shape index (κ1) is 14.5. The van der Waals surface area contributed by atoms with Crippen LogP contribution in [0.3, 0.4) is 0 Å². The number of rotatable bonds is 6. The topological polar surface area (TPSA) is 63.3 Å². The Bertz CT molecular complexity index is 398. The fourth-order valence-corrected chi connectivity index (χ4v) is 3.07. The maximum absolute atomic E-state index is 10.8. The van der Waals surface area contributed by atoms with Gasteiger partial charge < -0.3 is 10.8 Å². The van der Waals surface area contributed by atoms with E-state index < -0.39 is 5.97 Å². The predicted molar refractivity (Wildman–Crippen MR) is 75.5 cm³/mol. The summed E-state index contributed by atoms with van der Waals surface area (Å²) in [5, 5.41) is 9.37. The molecule has 3 nitrogen and oxygen atoms in total. The van der Waals surface area contributed by atoms with Crippen LogP contribution in [0.1, 0.15) is 29.3 Å². The van der Waals surface area contributed by atoms with Crippen molar-refractivity contribution in [2.45, 2.75) is 24.3 Å². The number of hydrogen-bond donors (Lipinski definition) is 2. The predicted octanol–water partition coefficient (Wildman–Crippen LogP) is 3.12. The number of halogens is 1. The first-order chi connectivity index (χ1) is 8.04. The molecule has 0 aliphatic heterocycles. The summed E-state index contributed by atoms with van der Waals surface area (Å²) in [6.07, 6.45) is 0.996. The van der Waals surface area contributed by atoms with Crippen LogP contribution in [0.2, 0.25) is 0 Å². The normalized spacial score (nSPS) is 12.4. The maximum atomic E-state index is 10.8. The third-order valence-electron chi connectivity index (χ3n) is 2.40. The van der Waals surface area contributed by atoms with E-state index >= 15 is 0 Å². The fourth-order valence-electron chi connectivity index (χ4n) is 1.35. The lowest BCUT2D eigenvalue weighted by Crippen LogP contribution is -2.07. The van der Waals surface area contributed by atoms with Crippen molar-refractivity contribution < 1.29 is 9.90 Å². The molecule has 0 bridgehead atoms. The van der Waals surface area contributed by atoms with Gasteiger partial charge in [-0.2, -0.15) is 11.8 Å². The number of thioether (sulfide) groups is 1. The van der Waals surface area contributed by atoms with Crippen LogP contribution in [-0.4, -0.2) is 22.9 Å². The molecular formula is C12H16BrNO2S. The second-order valence-corrected chi connectivity index (χ2v) is 6.09. The lowest BCUT2D eigenvalue weighted by atomic mass is 10.1. The summed E-state index contributed by atoms with van der Waals surface area (Å²) in [6, 6.07) is 5.14. The number of benzene rings is 1. The molecule has 0 aliphatic rings. The van der Waals surface area contributed by atoms with Gasteiger partial charge in [-0.3, -0.25) is 0 Å². The SMILES string of the molecule is CC(CCN)SCc1ccc(C(=O)O)cc1Br. The molecule has 1 atom stereocenters. The van der Waals surface area contributed by atoms with Crippen LogP contribution in [-0.2, 0) is 5.75 Å². The van der Waals surface area contributed by atoms with Gasteiger partial charge in [-0.25, -0.2) is 4.79 Å². The van der Waals surface area contributed by atoms with Gasteiger partial charge in [-0.15, -0.1) is 0 Å². The summed E-state index contributed by atoms with van der Waals surface area (Å²) in [5.74, 6) is -0.0387. The number of hydrogen-bond acceptors (Lipinski definition) is 3. The Morgan fingerprint density at radius 2 is 2.29 bits per heavy atom. The fraction of sp³-hybridized carbons (Fsp3) is 0.417. The molecule has 0 saturated heterocycles. The van der Waals surface area contributed by atoms with E-state index in [1.54, 1.807) is 12.1 Å². The summed E-state index contributed by atoms with van der Waals surface area (Å²) < 4.78 is 0.852. The zero-order chi connectivity index (χ0) is 12.8. The van der Waals surface area contributed by atoms with Gasteiger partial charge in [0.2, 0.25) is 0 Å². The highest BCUT2D eigenvalue weighted by molar-refractivity contribution is 9.10. The second kappa shape index (κ2) is 7.03. The van der Waals surface area contributed by atoms with E-state index in [1.165, 1.54) is 0 Å². The summed E-state index contributed by atoms with van der Waals surface area (Å²) in [5.41, 5.74) is 6.91. The number of nitrogens with two attached hydrogens (primary N) is 1. The Labute approximate surface area is 114 Å². The molecule has 1 unspecified atom stereocenters. The van der Waals surface area contributed by atoms with Crippen molar-refractivity contribution in [2.75, 3.05) is 6.54 Å². The van der Waals surface area contributed by atoms with Crippen LogP contribution in [0.15, 0.2) is 22.7 Å². The van der Waals surface area contributed by atoms with Gasteiger partial charge >= 0.3 is 5.97 Å². The van der Waals surface area contributed by atoms with E-state index in [0.717, 1.165) is 22.2 Å². The van der Waals surface area contributed by atoms with Crippen LogP contribution in [0.25, 0.3) is 0 Å². The Morgan fingerprint density at radius 1 is 1.59 bits per heavy atom. The van der Waals surface area contributed by atoms with Gasteiger partial charge in [-0.1, -0.05) is 28.9 Å². The average Bonchev–Trinajstić information content (AvgIpc) is 2.27.